The van der Waals surface area contributed by atoms with Gasteiger partial charge in [0, 0.05) is 0 Å². The number of aromatic nitrogens is 3. The molecule has 8 nitrogen and oxygen atoms in total. The lowest BCUT2D eigenvalue weighted by Crippen LogP contribution is -2.07. The Morgan fingerprint density at radius 1 is 1.13 bits per heavy atom. The third-order valence-electron chi connectivity index (χ3n) is 3.20. The van der Waals surface area contributed by atoms with Crippen LogP contribution in [0.15, 0.2) is 47.1 Å². The van der Waals surface area contributed by atoms with Crippen LogP contribution in [-0.4, -0.2) is 37.1 Å². The third kappa shape index (κ3) is 2.82. The molecule has 0 bridgehead atoms. The molecule has 23 heavy (non-hydrogen) atoms. The summed E-state index contributed by atoms with van der Waals surface area (Å²) >= 11 is 0. The van der Waals surface area contributed by atoms with Gasteiger partial charge in [-0.1, -0.05) is 17.3 Å². The fourth-order valence-electron chi connectivity index (χ4n) is 2.20. The molecule has 0 spiro atoms. The number of rotatable bonds is 5. The Morgan fingerprint density at radius 3 is 2.61 bits per heavy atom. The smallest absolute Gasteiger partial charge is 0.358 e. The number of aromatic carboxylic acids is 2. The monoisotopic (exact) mass is 313 g/mol. The van der Waals surface area contributed by atoms with Gasteiger partial charge in [0.1, 0.15) is 5.69 Å². The molecule has 0 amide bonds. The van der Waals surface area contributed by atoms with Gasteiger partial charge in [0.15, 0.2) is 5.76 Å². The van der Waals surface area contributed by atoms with Crippen LogP contribution in [0.5, 0.6) is 0 Å². The van der Waals surface area contributed by atoms with Crippen molar-refractivity contribution in [1.29, 1.82) is 0 Å². The number of nitrogens with zero attached hydrogens (tertiary/aromatic N) is 3. The normalized spacial score (nSPS) is 10.6. The number of hydrogen-bond acceptors (Lipinski definition) is 5. The average molecular weight is 313 g/mol. The summed E-state index contributed by atoms with van der Waals surface area (Å²) in [4.78, 5) is 22.3. The maximum atomic E-state index is 11.3. The number of benzene rings is 1. The van der Waals surface area contributed by atoms with Crippen LogP contribution in [0.4, 0.5) is 0 Å². The zero-order valence-electron chi connectivity index (χ0n) is 11.7. The molecule has 1 aromatic carbocycles. The second-order valence-electron chi connectivity index (χ2n) is 4.73. The van der Waals surface area contributed by atoms with Gasteiger partial charge in [-0.3, -0.25) is 0 Å². The zero-order valence-corrected chi connectivity index (χ0v) is 11.7. The van der Waals surface area contributed by atoms with E-state index in [0.29, 0.717) is 11.3 Å². The first-order valence-electron chi connectivity index (χ1n) is 6.59. The van der Waals surface area contributed by atoms with Gasteiger partial charge in [-0.2, -0.15) is 0 Å². The number of carboxylic acids is 2. The Bertz CT molecular complexity index is 867. The van der Waals surface area contributed by atoms with Gasteiger partial charge < -0.3 is 14.6 Å². The standard InChI is InChI=1S/C15H11N3O5/c19-14(20)10-4-1-3-9(7-10)8-18-13(11-5-2-6-23-11)12(15(21)22)16-17-18/h1-7H,8H2,(H,19,20)(H,21,22). The van der Waals surface area contributed by atoms with Gasteiger partial charge in [-0.25, -0.2) is 14.3 Å². The van der Waals surface area contributed by atoms with Crippen LogP contribution in [0.3, 0.4) is 0 Å². The molecule has 116 valence electrons. The average Bonchev–Trinajstić information content (AvgIpc) is 3.16. The molecule has 2 N–H and O–H groups in total. The fourth-order valence-corrected chi connectivity index (χ4v) is 2.20. The van der Waals surface area contributed by atoms with Crippen molar-refractivity contribution in [2.75, 3.05) is 0 Å². The van der Waals surface area contributed by atoms with Crippen molar-refractivity contribution in [2.45, 2.75) is 6.54 Å². The molecule has 8 heteroatoms. The number of carboxylic acid groups (broad SMARTS) is 2. The minimum Gasteiger partial charge on any atom is -0.478 e. The van der Waals surface area contributed by atoms with Gasteiger partial charge in [0.25, 0.3) is 0 Å². The zero-order chi connectivity index (χ0) is 16.4. The van der Waals surface area contributed by atoms with Crippen LogP contribution in [0, 0.1) is 0 Å². The molecule has 2 aromatic heterocycles. The number of hydrogen-bond donors (Lipinski definition) is 2. The van der Waals surface area contributed by atoms with E-state index in [1.54, 1.807) is 24.3 Å². The first-order valence-corrected chi connectivity index (χ1v) is 6.59. The van der Waals surface area contributed by atoms with Crippen LogP contribution < -0.4 is 0 Å². The summed E-state index contributed by atoms with van der Waals surface area (Å²) in [6.07, 6.45) is 1.42. The minimum atomic E-state index is -1.22. The van der Waals surface area contributed by atoms with Crippen molar-refractivity contribution in [3.05, 3.63) is 59.5 Å². The molecule has 0 saturated heterocycles. The quantitative estimate of drug-likeness (QED) is 0.739. The van der Waals surface area contributed by atoms with E-state index in [1.165, 1.54) is 23.1 Å². The molecule has 3 aromatic rings. The topological polar surface area (TPSA) is 118 Å². The Balaban J connectivity index is 2.02. The van der Waals surface area contributed by atoms with E-state index in [-0.39, 0.29) is 23.5 Å². The Labute approximate surface area is 129 Å². The van der Waals surface area contributed by atoms with E-state index < -0.39 is 11.9 Å². The molecule has 0 radical (unpaired) electrons. The molecular weight excluding hydrogens is 302 g/mol. The Hall–Kier alpha value is -3.42. The largest absolute Gasteiger partial charge is 0.478 e. The van der Waals surface area contributed by atoms with E-state index in [9.17, 15) is 14.7 Å². The second-order valence-corrected chi connectivity index (χ2v) is 4.73. The lowest BCUT2D eigenvalue weighted by atomic mass is 10.1. The Morgan fingerprint density at radius 2 is 1.96 bits per heavy atom. The third-order valence-corrected chi connectivity index (χ3v) is 3.20. The summed E-state index contributed by atoms with van der Waals surface area (Å²) in [6.45, 7) is 0.164. The molecular formula is C15H11N3O5. The van der Waals surface area contributed by atoms with E-state index in [4.69, 9.17) is 9.52 Å². The number of furan rings is 1. The SMILES string of the molecule is O=C(O)c1cccc(Cn2nnc(C(=O)O)c2-c2ccco2)c1. The summed E-state index contributed by atoms with van der Waals surface area (Å²) in [5.41, 5.74) is 0.790. The van der Waals surface area contributed by atoms with E-state index >= 15 is 0 Å². The van der Waals surface area contributed by atoms with Gasteiger partial charge >= 0.3 is 11.9 Å². The summed E-state index contributed by atoms with van der Waals surface area (Å²) in [6, 6.07) is 9.54. The molecule has 0 unspecified atom stereocenters. The van der Waals surface area contributed by atoms with E-state index in [1.807, 2.05) is 0 Å². The van der Waals surface area contributed by atoms with Crippen LogP contribution in [0.2, 0.25) is 0 Å². The highest BCUT2D eigenvalue weighted by Gasteiger charge is 2.22. The maximum Gasteiger partial charge on any atom is 0.358 e. The molecule has 2 heterocycles. The van der Waals surface area contributed by atoms with Crippen molar-refractivity contribution >= 4 is 11.9 Å². The van der Waals surface area contributed by atoms with Crippen LogP contribution >= 0.6 is 0 Å². The first kappa shape index (κ1) is 14.5. The van der Waals surface area contributed by atoms with E-state index in [0.717, 1.165) is 0 Å². The Kier molecular flexibility index (Phi) is 3.63. The predicted molar refractivity (Wildman–Crippen MR) is 77.2 cm³/mol. The minimum absolute atomic E-state index is 0.139. The highest BCUT2D eigenvalue weighted by molar-refractivity contribution is 5.91. The van der Waals surface area contributed by atoms with Crippen LogP contribution in [0.25, 0.3) is 11.5 Å². The fraction of sp³-hybridized carbons (Fsp3) is 0.0667. The van der Waals surface area contributed by atoms with Crippen molar-refractivity contribution in [3.63, 3.8) is 0 Å². The molecule has 3 rings (SSSR count). The highest BCUT2D eigenvalue weighted by Crippen LogP contribution is 2.23. The number of carbonyl (C=O) groups is 2. The highest BCUT2D eigenvalue weighted by atomic mass is 16.4. The summed E-state index contributed by atoms with van der Waals surface area (Å²) in [5.74, 6) is -1.94. The second kappa shape index (κ2) is 5.76. The van der Waals surface area contributed by atoms with Gasteiger partial charge in [-0.05, 0) is 29.8 Å². The summed E-state index contributed by atoms with van der Waals surface area (Å²) < 4.78 is 6.62. The van der Waals surface area contributed by atoms with Crippen molar-refractivity contribution in [1.82, 2.24) is 15.0 Å². The van der Waals surface area contributed by atoms with Crippen molar-refractivity contribution in [3.8, 4) is 11.5 Å². The maximum absolute atomic E-state index is 11.3. The molecule has 0 aliphatic carbocycles. The molecule has 0 aliphatic heterocycles. The molecule has 0 fully saturated rings. The van der Waals surface area contributed by atoms with Crippen LogP contribution in [0.1, 0.15) is 26.4 Å². The predicted octanol–water partition coefficient (Wildman–Crippen LogP) is 1.98. The summed E-state index contributed by atoms with van der Waals surface area (Å²) in [7, 11) is 0. The van der Waals surface area contributed by atoms with E-state index in [2.05, 4.69) is 10.3 Å². The molecule has 0 aliphatic rings. The first-order chi connectivity index (χ1) is 11.1. The summed E-state index contributed by atoms with van der Waals surface area (Å²) in [5, 5.41) is 25.8. The lowest BCUT2D eigenvalue weighted by Gasteiger charge is -2.06. The molecule has 0 saturated carbocycles. The van der Waals surface area contributed by atoms with Crippen molar-refractivity contribution < 1.29 is 24.2 Å². The van der Waals surface area contributed by atoms with Crippen molar-refractivity contribution in [2.24, 2.45) is 0 Å². The lowest BCUT2D eigenvalue weighted by molar-refractivity contribution is 0.0683. The van der Waals surface area contributed by atoms with Gasteiger partial charge in [0.2, 0.25) is 5.69 Å². The molecule has 0 atom stereocenters. The van der Waals surface area contributed by atoms with Gasteiger partial charge in [0.05, 0.1) is 18.4 Å². The van der Waals surface area contributed by atoms with Gasteiger partial charge in [-0.15, -0.1) is 5.10 Å². The van der Waals surface area contributed by atoms with Crippen LogP contribution in [-0.2, 0) is 6.54 Å².